The first kappa shape index (κ1) is 14.1. The van der Waals surface area contributed by atoms with E-state index in [-0.39, 0.29) is 12.5 Å². The summed E-state index contributed by atoms with van der Waals surface area (Å²) in [4.78, 5) is 19.5. The van der Waals surface area contributed by atoms with E-state index in [1.54, 1.807) is 6.07 Å². The number of halogens is 1. The van der Waals surface area contributed by atoms with Crippen molar-refractivity contribution in [3.63, 3.8) is 0 Å². The third kappa shape index (κ3) is 5.23. The second kappa shape index (κ2) is 7.34. The van der Waals surface area contributed by atoms with Gasteiger partial charge in [0.2, 0.25) is 5.91 Å². The molecule has 0 atom stereocenters. The lowest BCUT2D eigenvalue weighted by molar-refractivity contribution is -0.119. The predicted octanol–water partition coefficient (Wildman–Crippen LogP) is 1.79. The van der Waals surface area contributed by atoms with E-state index in [0.717, 1.165) is 6.42 Å². The molecule has 1 heterocycles. The molecule has 0 bridgehead atoms. The number of carbonyl (C=O) groups is 1. The van der Waals surface area contributed by atoms with Crippen molar-refractivity contribution in [2.24, 2.45) is 0 Å². The Kier molecular flexibility index (Phi) is 6.07. The first-order valence-electron chi connectivity index (χ1n) is 5.25. The molecular weight excluding hydrogens is 260 g/mol. The Labute approximate surface area is 110 Å². The topological polar surface area (TPSA) is 66.9 Å². The first-order chi connectivity index (χ1) is 8.15. The molecule has 0 fully saturated rings. The lowest BCUT2D eigenvalue weighted by Crippen LogP contribution is -2.30. The molecule has 0 spiro atoms. The van der Waals surface area contributed by atoms with Crippen molar-refractivity contribution in [1.82, 2.24) is 15.3 Å². The Morgan fingerprint density at radius 3 is 2.94 bits per heavy atom. The van der Waals surface area contributed by atoms with E-state index in [9.17, 15) is 4.79 Å². The van der Waals surface area contributed by atoms with E-state index in [1.807, 2.05) is 13.2 Å². The van der Waals surface area contributed by atoms with Gasteiger partial charge in [0.25, 0.3) is 0 Å². The Balaban J connectivity index is 2.51. The summed E-state index contributed by atoms with van der Waals surface area (Å²) in [5.74, 6) is 0.494. The fourth-order valence-corrected chi connectivity index (χ4v) is 1.69. The Hall–Kier alpha value is -1.01. The molecule has 2 N–H and O–H groups in total. The smallest absolute Gasteiger partial charge is 0.239 e. The van der Waals surface area contributed by atoms with Crippen LogP contribution in [0.1, 0.15) is 13.3 Å². The maximum absolute atomic E-state index is 11.4. The highest BCUT2D eigenvalue weighted by atomic mass is 35.5. The maximum atomic E-state index is 11.4. The summed E-state index contributed by atoms with van der Waals surface area (Å²) < 4.78 is 0. The van der Waals surface area contributed by atoms with Crippen LogP contribution in [0.25, 0.3) is 0 Å². The molecule has 0 aliphatic heterocycles. The van der Waals surface area contributed by atoms with Gasteiger partial charge < -0.3 is 10.6 Å². The maximum Gasteiger partial charge on any atom is 0.239 e. The molecule has 0 aromatic carbocycles. The van der Waals surface area contributed by atoms with Gasteiger partial charge in [-0.3, -0.25) is 4.79 Å². The molecule has 0 unspecified atom stereocenters. The average Bonchev–Trinajstić information content (AvgIpc) is 2.33. The molecular formula is C10H15ClN4OS. The lowest BCUT2D eigenvalue weighted by atomic mass is 10.4. The van der Waals surface area contributed by atoms with Crippen LogP contribution < -0.4 is 10.6 Å². The molecule has 94 valence electrons. The standard InChI is InChI=1S/C10H15ClN4OS/c1-3-4-12-9(16)6-13-8-5-7(11)14-10(15-8)17-2/h5H,3-4,6H2,1-2H3,(H,12,16)(H,13,14,15). The van der Waals surface area contributed by atoms with Gasteiger partial charge in [-0.2, -0.15) is 0 Å². The van der Waals surface area contributed by atoms with Gasteiger partial charge in [-0.05, 0) is 12.7 Å². The second-order valence-electron chi connectivity index (χ2n) is 3.27. The van der Waals surface area contributed by atoms with E-state index < -0.39 is 0 Å². The van der Waals surface area contributed by atoms with Gasteiger partial charge in [0.1, 0.15) is 11.0 Å². The number of hydrogen-bond acceptors (Lipinski definition) is 5. The van der Waals surface area contributed by atoms with Crippen molar-refractivity contribution >= 4 is 35.1 Å². The molecule has 1 amide bonds. The zero-order valence-corrected chi connectivity index (χ0v) is 11.4. The van der Waals surface area contributed by atoms with Crippen LogP contribution in [0.15, 0.2) is 11.2 Å². The second-order valence-corrected chi connectivity index (χ2v) is 4.43. The number of carbonyl (C=O) groups excluding carboxylic acids is 1. The molecule has 1 rings (SSSR count). The van der Waals surface area contributed by atoms with Crippen molar-refractivity contribution in [2.45, 2.75) is 18.5 Å². The van der Waals surface area contributed by atoms with Crippen LogP contribution in [0.5, 0.6) is 0 Å². The molecule has 17 heavy (non-hydrogen) atoms. The third-order valence-electron chi connectivity index (χ3n) is 1.86. The van der Waals surface area contributed by atoms with Crippen LogP contribution in [-0.4, -0.2) is 35.2 Å². The van der Waals surface area contributed by atoms with E-state index in [2.05, 4.69) is 20.6 Å². The van der Waals surface area contributed by atoms with Crippen molar-refractivity contribution < 1.29 is 4.79 Å². The summed E-state index contributed by atoms with van der Waals surface area (Å²) in [6.45, 7) is 2.87. The number of thioether (sulfide) groups is 1. The Morgan fingerprint density at radius 2 is 2.29 bits per heavy atom. The van der Waals surface area contributed by atoms with Gasteiger partial charge >= 0.3 is 0 Å². The summed E-state index contributed by atoms with van der Waals surface area (Å²) >= 11 is 7.22. The Bertz CT molecular complexity index is 389. The number of nitrogens with zero attached hydrogens (tertiary/aromatic N) is 2. The van der Waals surface area contributed by atoms with Gasteiger partial charge in [-0.25, -0.2) is 9.97 Å². The minimum absolute atomic E-state index is 0.0627. The fraction of sp³-hybridized carbons (Fsp3) is 0.500. The molecule has 0 aliphatic carbocycles. The quantitative estimate of drug-likeness (QED) is 0.470. The molecule has 0 radical (unpaired) electrons. The molecule has 5 nitrogen and oxygen atoms in total. The van der Waals surface area contributed by atoms with Crippen molar-refractivity contribution in [3.05, 3.63) is 11.2 Å². The highest BCUT2D eigenvalue weighted by Gasteiger charge is 2.04. The van der Waals surface area contributed by atoms with Crippen molar-refractivity contribution in [3.8, 4) is 0 Å². The van der Waals surface area contributed by atoms with Gasteiger partial charge in [-0.1, -0.05) is 30.3 Å². The van der Waals surface area contributed by atoms with Crippen LogP contribution in [0, 0.1) is 0 Å². The van der Waals surface area contributed by atoms with Crippen LogP contribution in [0.4, 0.5) is 5.82 Å². The zero-order valence-electron chi connectivity index (χ0n) is 9.79. The number of rotatable bonds is 6. The van der Waals surface area contributed by atoms with Crippen LogP contribution in [0.2, 0.25) is 5.15 Å². The average molecular weight is 275 g/mol. The minimum atomic E-state index is -0.0627. The van der Waals surface area contributed by atoms with Gasteiger partial charge in [-0.15, -0.1) is 0 Å². The highest BCUT2D eigenvalue weighted by molar-refractivity contribution is 7.98. The number of hydrogen-bond donors (Lipinski definition) is 2. The summed E-state index contributed by atoms with van der Waals surface area (Å²) in [7, 11) is 0. The molecule has 1 aromatic rings. The number of anilines is 1. The first-order valence-corrected chi connectivity index (χ1v) is 6.85. The van der Waals surface area contributed by atoms with Crippen LogP contribution >= 0.6 is 23.4 Å². The van der Waals surface area contributed by atoms with Crippen LogP contribution in [0.3, 0.4) is 0 Å². The summed E-state index contributed by atoms with van der Waals surface area (Å²) in [5, 5.41) is 6.61. The largest absolute Gasteiger partial charge is 0.361 e. The number of amides is 1. The molecule has 1 aromatic heterocycles. The van der Waals surface area contributed by atoms with E-state index in [1.165, 1.54) is 11.8 Å². The van der Waals surface area contributed by atoms with E-state index in [4.69, 9.17) is 11.6 Å². The van der Waals surface area contributed by atoms with Gasteiger partial charge in [0, 0.05) is 12.6 Å². The normalized spacial score (nSPS) is 10.1. The van der Waals surface area contributed by atoms with Gasteiger partial charge in [0.15, 0.2) is 5.16 Å². The van der Waals surface area contributed by atoms with E-state index in [0.29, 0.717) is 22.7 Å². The zero-order chi connectivity index (χ0) is 12.7. The lowest BCUT2D eigenvalue weighted by Gasteiger charge is -2.07. The van der Waals surface area contributed by atoms with Crippen molar-refractivity contribution in [2.75, 3.05) is 24.7 Å². The SMILES string of the molecule is CCCNC(=O)CNc1cc(Cl)nc(SC)n1. The fourth-order valence-electron chi connectivity index (χ4n) is 1.08. The minimum Gasteiger partial charge on any atom is -0.361 e. The summed E-state index contributed by atoms with van der Waals surface area (Å²) in [6, 6.07) is 1.59. The molecule has 0 saturated heterocycles. The number of nitrogens with one attached hydrogen (secondary N) is 2. The van der Waals surface area contributed by atoms with Crippen LogP contribution in [-0.2, 0) is 4.79 Å². The Morgan fingerprint density at radius 1 is 1.53 bits per heavy atom. The molecule has 7 heteroatoms. The van der Waals surface area contributed by atoms with Gasteiger partial charge in [0.05, 0.1) is 6.54 Å². The monoisotopic (exact) mass is 274 g/mol. The third-order valence-corrected chi connectivity index (χ3v) is 2.60. The van der Waals surface area contributed by atoms with Crippen molar-refractivity contribution in [1.29, 1.82) is 0 Å². The molecule has 0 saturated carbocycles. The summed E-state index contributed by atoms with van der Waals surface area (Å²) in [5.41, 5.74) is 0. The summed E-state index contributed by atoms with van der Waals surface area (Å²) in [6.07, 6.45) is 2.78. The van der Waals surface area contributed by atoms with E-state index >= 15 is 0 Å². The predicted molar refractivity (Wildman–Crippen MR) is 70.6 cm³/mol. The highest BCUT2D eigenvalue weighted by Crippen LogP contribution is 2.16. The number of aromatic nitrogens is 2. The molecule has 0 aliphatic rings.